The number of carbonyl (C=O) groups excluding carboxylic acids is 3. The first-order valence-corrected chi connectivity index (χ1v) is 15.0. The van der Waals surface area contributed by atoms with E-state index in [9.17, 15) is 14.4 Å². The van der Waals surface area contributed by atoms with Gasteiger partial charge in [-0.25, -0.2) is 4.79 Å². The molecule has 8 heteroatoms. The number of rotatable bonds is 11. The first-order valence-electron chi connectivity index (χ1n) is 15.0. The van der Waals surface area contributed by atoms with E-state index < -0.39 is 11.6 Å². The number of benzene rings is 2. The van der Waals surface area contributed by atoms with E-state index in [4.69, 9.17) is 14.2 Å². The van der Waals surface area contributed by atoms with Crippen LogP contribution in [-0.4, -0.2) is 48.3 Å². The van der Waals surface area contributed by atoms with Crippen LogP contribution in [0, 0.1) is 11.8 Å². The number of carbonyl (C=O) groups is 3. The quantitative estimate of drug-likeness (QED) is 0.269. The van der Waals surface area contributed by atoms with Gasteiger partial charge in [-0.2, -0.15) is 0 Å². The van der Waals surface area contributed by atoms with Crippen LogP contribution < -0.4 is 10.1 Å². The molecule has 226 valence electrons. The summed E-state index contributed by atoms with van der Waals surface area (Å²) in [4.78, 5) is 38.2. The Morgan fingerprint density at radius 1 is 1.02 bits per heavy atom. The number of esters is 2. The molecule has 1 fully saturated rings. The molecule has 1 aromatic heterocycles. The van der Waals surface area contributed by atoms with Crippen LogP contribution in [0.2, 0.25) is 0 Å². The fraction of sp³-hybridized carbons (Fsp3) is 0.500. The number of aromatic nitrogens is 1. The van der Waals surface area contributed by atoms with Gasteiger partial charge >= 0.3 is 11.9 Å². The van der Waals surface area contributed by atoms with Crippen LogP contribution in [0.25, 0.3) is 10.9 Å². The van der Waals surface area contributed by atoms with Crippen LogP contribution in [0.15, 0.2) is 42.6 Å². The molecule has 3 aromatic rings. The Hall–Kier alpha value is -3.81. The second kappa shape index (κ2) is 13.4. The van der Waals surface area contributed by atoms with E-state index >= 15 is 0 Å². The van der Waals surface area contributed by atoms with Crippen molar-refractivity contribution >= 4 is 28.7 Å². The topological polar surface area (TPSA) is 95.9 Å². The number of methoxy groups -OCH3 is 1. The highest BCUT2D eigenvalue weighted by atomic mass is 16.6. The average Bonchev–Trinajstić information content (AvgIpc) is 3.59. The van der Waals surface area contributed by atoms with Gasteiger partial charge in [0.25, 0.3) is 5.91 Å². The lowest BCUT2D eigenvalue weighted by Crippen LogP contribution is -2.28. The van der Waals surface area contributed by atoms with Crippen molar-refractivity contribution in [2.45, 2.75) is 78.9 Å². The van der Waals surface area contributed by atoms with Gasteiger partial charge < -0.3 is 24.1 Å². The highest BCUT2D eigenvalue weighted by Gasteiger charge is 2.22. The average molecular weight is 577 g/mol. The minimum Gasteiger partial charge on any atom is -0.496 e. The smallest absolute Gasteiger partial charge is 0.338 e. The van der Waals surface area contributed by atoms with E-state index in [0.717, 1.165) is 22.0 Å². The van der Waals surface area contributed by atoms with E-state index in [1.165, 1.54) is 25.7 Å². The molecule has 1 unspecified atom stereocenters. The predicted molar refractivity (Wildman–Crippen MR) is 163 cm³/mol. The Balaban J connectivity index is 1.66. The molecule has 1 N–H and O–H groups in total. The van der Waals surface area contributed by atoms with Gasteiger partial charge in [0.1, 0.15) is 11.4 Å². The minimum absolute atomic E-state index is 0.0858. The molecule has 1 aliphatic carbocycles. The fourth-order valence-electron chi connectivity index (χ4n) is 5.58. The summed E-state index contributed by atoms with van der Waals surface area (Å²) in [6, 6.07) is 11.0. The maximum absolute atomic E-state index is 13.1. The van der Waals surface area contributed by atoms with Gasteiger partial charge in [0.2, 0.25) is 0 Å². The zero-order valence-corrected chi connectivity index (χ0v) is 25.7. The zero-order chi connectivity index (χ0) is 30.4. The molecule has 0 aliphatic heterocycles. The number of fused-ring (bicyclic) bond motifs is 1. The summed E-state index contributed by atoms with van der Waals surface area (Å²) < 4.78 is 18.5. The fourth-order valence-corrected chi connectivity index (χ4v) is 5.58. The molecule has 1 aliphatic rings. The largest absolute Gasteiger partial charge is 0.496 e. The van der Waals surface area contributed by atoms with Crippen LogP contribution in [0.1, 0.15) is 92.1 Å². The van der Waals surface area contributed by atoms with E-state index in [1.54, 1.807) is 26.2 Å². The summed E-state index contributed by atoms with van der Waals surface area (Å²) in [7, 11) is 1.57. The van der Waals surface area contributed by atoms with E-state index in [-0.39, 0.29) is 17.8 Å². The lowest BCUT2D eigenvalue weighted by molar-refractivity contribution is -0.147. The van der Waals surface area contributed by atoms with Gasteiger partial charge in [0.15, 0.2) is 0 Å². The number of hydrogen-bond acceptors (Lipinski definition) is 6. The van der Waals surface area contributed by atoms with Crippen molar-refractivity contribution in [3.63, 3.8) is 0 Å². The van der Waals surface area contributed by atoms with Gasteiger partial charge in [-0.05, 0) is 82.7 Å². The van der Waals surface area contributed by atoms with Crippen LogP contribution >= 0.6 is 0 Å². The Morgan fingerprint density at radius 3 is 2.40 bits per heavy atom. The van der Waals surface area contributed by atoms with Crippen LogP contribution in [-0.2, 0) is 27.2 Å². The van der Waals surface area contributed by atoms with E-state index in [1.807, 2.05) is 58.2 Å². The SMILES string of the molecule is CCOC(=O)C(C)Cc1cn(Cc2ccc(C(=O)OC(C)(C)C)cc2OC)c2cc(C(=O)NCC3CCCC3)ccc12. The maximum atomic E-state index is 13.1. The van der Waals surface area contributed by atoms with Crippen molar-refractivity contribution in [2.75, 3.05) is 20.3 Å². The molecule has 42 heavy (non-hydrogen) atoms. The van der Waals surface area contributed by atoms with Crippen LogP contribution in [0.3, 0.4) is 0 Å². The molecule has 4 rings (SSSR count). The lowest BCUT2D eigenvalue weighted by Gasteiger charge is -2.20. The Kier molecular flexibility index (Phi) is 9.97. The molecule has 1 amide bonds. The Morgan fingerprint density at radius 2 is 1.74 bits per heavy atom. The molecule has 8 nitrogen and oxygen atoms in total. The van der Waals surface area contributed by atoms with Crippen LogP contribution in [0.4, 0.5) is 0 Å². The number of hydrogen-bond donors (Lipinski definition) is 1. The van der Waals surface area contributed by atoms with Crippen molar-refractivity contribution in [3.8, 4) is 5.75 Å². The molecule has 0 saturated heterocycles. The number of nitrogens with zero attached hydrogens (tertiary/aromatic N) is 1. The van der Waals surface area contributed by atoms with Gasteiger partial charge in [0.05, 0.1) is 31.7 Å². The molecular formula is C34H44N2O6. The summed E-state index contributed by atoms with van der Waals surface area (Å²) >= 11 is 0. The molecule has 1 atom stereocenters. The van der Waals surface area contributed by atoms with Crippen LogP contribution in [0.5, 0.6) is 5.75 Å². The van der Waals surface area contributed by atoms with E-state index in [0.29, 0.717) is 48.9 Å². The normalized spacial score (nSPS) is 14.5. The molecule has 0 bridgehead atoms. The Bertz CT molecular complexity index is 1430. The summed E-state index contributed by atoms with van der Waals surface area (Å²) in [5.41, 5.74) is 3.14. The van der Waals surface area contributed by atoms with Gasteiger partial charge in [-0.15, -0.1) is 0 Å². The lowest BCUT2D eigenvalue weighted by atomic mass is 10.00. The monoisotopic (exact) mass is 576 g/mol. The van der Waals surface area contributed by atoms with E-state index in [2.05, 4.69) is 9.88 Å². The minimum atomic E-state index is -0.606. The second-order valence-corrected chi connectivity index (χ2v) is 12.3. The number of ether oxygens (including phenoxy) is 3. The molecule has 2 aromatic carbocycles. The first kappa shape index (κ1) is 31.1. The van der Waals surface area contributed by atoms with Crippen molar-refractivity contribution < 1.29 is 28.6 Å². The van der Waals surface area contributed by atoms with Gasteiger partial charge in [-0.3, -0.25) is 9.59 Å². The van der Waals surface area contributed by atoms with Crippen molar-refractivity contribution in [1.82, 2.24) is 9.88 Å². The zero-order valence-electron chi connectivity index (χ0n) is 25.7. The molecule has 0 spiro atoms. The Labute approximate surface area is 248 Å². The highest BCUT2D eigenvalue weighted by molar-refractivity contribution is 5.99. The maximum Gasteiger partial charge on any atom is 0.338 e. The first-order chi connectivity index (χ1) is 20.0. The summed E-state index contributed by atoms with van der Waals surface area (Å²) in [6.45, 7) is 10.6. The predicted octanol–water partition coefficient (Wildman–Crippen LogP) is 6.32. The second-order valence-electron chi connectivity index (χ2n) is 12.3. The third-order valence-electron chi connectivity index (χ3n) is 7.73. The molecule has 0 radical (unpaired) electrons. The summed E-state index contributed by atoms with van der Waals surface area (Å²) in [6.07, 6.45) is 7.33. The van der Waals surface area contributed by atoms with Crippen molar-refractivity contribution in [3.05, 3.63) is 64.8 Å². The summed E-state index contributed by atoms with van der Waals surface area (Å²) in [5, 5.41) is 4.10. The highest BCUT2D eigenvalue weighted by Crippen LogP contribution is 2.30. The van der Waals surface area contributed by atoms with Crippen molar-refractivity contribution in [2.24, 2.45) is 11.8 Å². The summed E-state index contributed by atoms with van der Waals surface area (Å²) in [5.74, 6) is 0.0574. The third-order valence-corrected chi connectivity index (χ3v) is 7.73. The molecule has 1 saturated carbocycles. The third kappa shape index (κ3) is 7.72. The number of amides is 1. The van der Waals surface area contributed by atoms with Crippen molar-refractivity contribution in [1.29, 1.82) is 0 Å². The number of nitrogens with one attached hydrogen (secondary N) is 1. The standard InChI is InChI=1S/C34H44N2O6/c1-7-41-32(38)22(2)16-27-21-36(20-26-13-12-25(18-30(26)40-6)33(39)42-34(3,4)5)29-17-24(14-15-28(27)29)31(37)35-19-23-10-8-9-11-23/h12-15,17-18,21-23H,7-11,16,19-20H2,1-6H3,(H,35,37). The van der Waals surface area contributed by atoms with Gasteiger partial charge in [-0.1, -0.05) is 31.9 Å². The van der Waals surface area contributed by atoms with Gasteiger partial charge in [0, 0.05) is 34.8 Å². The molecule has 1 heterocycles. The molecular weight excluding hydrogens is 532 g/mol.